The Labute approximate surface area is 259 Å². The fourth-order valence-corrected chi connectivity index (χ4v) is 6.55. The molecule has 0 spiro atoms. The van der Waals surface area contributed by atoms with Gasteiger partial charge in [-0.05, 0) is 54.9 Å². The third-order valence-corrected chi connectivity index (χ3v) is 9.77. The molecule has 0 amide bonds. The van der Waals surface area contributed by atoms with Gasteiger partial charge in [0.25, 0.3) is 10.0 Å². The zero-order valence-electron chi connectivity index (χ0n) is 25.2. The first-order valence-electron chi connectivity index (χ1n) is 14.8. The summed E-state index contributed by atoms with van der Waals surface area (Å²) in [6.45, 7) is 4.60. The average Bonchev–Trinajstić information content (AvgIpc) is 3.06. The van der Waals surface area contributed by atoms with E-state index < -0.39 is 22.4 Å². The molecule has 0 saturated carbocycles. The van der Waals surface area contributed by atoms with Gasteiger partial charge in [0.1, 0.15) is 0 Å². The van der Waals surface area contributed by atoms with Crippen molar-refractivity contribution in [2.24, 2.45) is 5.92 Å². The first-order valence-corrected chi connectivity index (χ1v) is 16.3. The molecule has 1 aliphatic rings. The maximum atomic E-state index is 12.8. The first kappa shape index (κ1) is 31.8. The molecule has 0 bridgehead atoms. The van der Waals surface area contributed by atoms with Crippen LogP contribution in [0.1, 0.15) is 54.6 Å². The predicted molar refractivity (Wildman–Crippen MR) is 170 cm³/mol. The fraction of sp³-hybridized carbons (Fsp3) is 0.314. The summed E-state index contributed by atoms with van der Waals surface area (Å²) in [4.78, 5) is 2.29. The van der Waals surface area contributed by atoms with Crippen LogP contribution in [0.5, 0.6) is 0 Å². The standard InChI is InChI=1S/C35H40N2O6S/c1-24-32(22-37(3)25(2)33(39)27-10-6-4-7-11-27)42-35(43-34(24)28-16-14-26(23-38)15-17-28)29-18-20-30(21-19-29)36-44(40,41)31-12-8-5-9-13-31/h4-21,24-25,32-36,38-39H,22-23H2,1-3H3/t24-,25-,32+,33-,34+,35+/m0/s1. The second kappa shape index (κ2) is 14.0. The van der Waals surface area contributed by atoms with Crippen LogP contribution in [-0.4, -0.2) is 49.3 Å². The van der Waals surface area contributed by atoms with Gasteiger partial charge in [0.05, 0.1) is 29.8 Å². The van der Waals surface area contributed by atoms with Gasteiger partial charge in [0.15, 0.2) is 6.29 Å². The van der Waals surface area contributed by atoms with E-state index in [9.17, 15) is 18.6 Å². The van der Waals surface area contributed by atoms with E-state index in [-0.39, 0.29) is 35.7 Å². The molecule has 1 aliphatic heterocycles. The van der Waals surface area contributed by atoms with Crippen LogP contribution in [-0.2, 0) is 26.1 Å². The molecule has 8 nitrogen and oxygen atoms in total. The largest absolute Gasteiger partial charge is 0.392 e. The molecule has 5 rings (SSSR count). The second-order valence-corrected chi connectivity index (χ2v) is 13.1. The summed E-state index contributed by atoms with van der Waals surface area (Å²) in [5.41, 5.74) is 3.83. The fourth-order valence-electron chi connectivity index (χ4n) is 5.47. The number of hydrogen-bond acceptors (Lipinski definition) is 7. The number of rotatable bonds is 11. The Bertz CT molecular complexity index is 1580. The van der Waals surface area contributed by atoms with Crippen molar-refractivity contribution in [3.8, 4) is 0 Å². The molecule has 232 valence electrons. The summed E-state index contributed by atoms with van der Waals surface area (Å²) in [7, 11) is -1.74. The molecule has 44 heavy (non-hydrogen) atoms. The molecule has 4 aromatic rings. The van der Waals surface area contributed by atoms with Crippen molar-refractivity contribution in [3.63, 3.8) is 0 Å². The normalized spacial score (nSPS) is 22.0. The van der Waals surface area contributed by atoms with Gasteiger partial charge in [-0.25, -0.2) is 8.42 Å². The van der Waals surface area contributed by atoms with Crippen LogP contribution in [0.15, 0.2) is 114 Å². The molecule has 4 aromatic carbocycles. The van der Waals surface area contributed by atoms with E-state index in [1.807, 2.05) is 68.6 Å². The van der Waals surface area contributed by atoms with Crippen LogP contribution in [0, 0.1) is 5.92 Å². The van der Waals surface area contributed by atoms with E-state index in [0.717, 1.165) is 22.3 Å². The summed E-state index contributed by atoms with van der Waals surface area (Å²) in [6.07, 6.45) is -1.92. The van der Waals surface area contributed by atoms with E-state index >= 15 is 0 Å². The van der Waals surface area contributed by atoms with Crippen molar-refractivity contribution < 1.29 is 28.1 Å². The highest BCUT2D eigenvalue weighted by molar-refractivity contribution is 7.92. The third-order valence-electron chi connectivity index (χ3n) is 8.37. The topological polar surface area (TPSA) is 108 Å². The van der Waals surface area contributed by atoms with E-state index in [4.69, 9.17) is 9.47 Å². The van der Waals surface area contributed by atoms with Gasteiger partial charge in [-0.3, -0.25) is 9.62 Å². The van der Waals surface area contributed by atoms with Gasteiger partial charge >= 0.3 is 0 Å². The minimum absolute atomic E-state index is 0.0355. The Morgan fingerprint density at radius 1 is 0.841 bits per heavy atom. The first-order chi connectivity index (χ1) is 21.2. The summed E-state index contributed by atoms with van der Waals surface area (Å²) < 4.78 is 41.4. The molecular weight excluding hydrogens is 576 g/mol. The highest BCUT2D eigenvalue weighted by atomic mass is 32.2. The van der Waals surface area contributed by atoms with Gasteiger partial charge in [0.2, 0.25) is 0 Å². The number of nitrogens with zero attached hydrogens (tertiary/aromatic N) is 1. The lowest BCUT2D eigenvalue weighted by Crippen LogP contribution is -2.46. The monoisotopic (exact) mass is 616 g/mol. The zero-order chi connectivity index (χ0) is 31.3. The Hall–Kier alpha value is -3.57. The highest BCUT2D eigenvalue weighted by Gasteiger charge is 2.39. The van der Waals surface area contributed by atoms with Crippen molar-refractivity contribution >= 4 is 15.7 Å². The van der Waals surface area contributed by atoms with Crippen molar-refractivity contribution in [3.05, 3.63) is 131 Å². The maximum absolute atomic E-state index is 12.8. The molecule has 0 aromatic heterocycles. The molecule has 9 heteroatoms. The van der Waals surface area contributed by atoms with Crippen LogP contribution in [0.25, 0.3) is 0 Å². The molecule has 1 heterocycles. The lowest BCUT2D eigenvalue weighted by atomic mass is 9.89. The number of aliphatic hydroxyl groups excluding tert-OH is 2. The Morgan fingerprint density at radius 2 is 1.43 bits per heavy atom. The molecule has 0 unspecified atom stereocenters. The van der Waals surface area contributed by atoms with E-state index in [1.54, 1.807) is 54.6 Å². The SMILES string of the molecule is C[C@H]1[C@@H](CN(C)[C@@H](C)[C@H](O)c2ccccc2)O[C@@H](c2ccc(NS(=O)(=O)c3ccccc3)cc2)O[C@H]1c1ccc(CO)cc1. The minimum atomic E-state index is -3.72. The summed E-state index contributed by atoms with van der Waals surface area (Å²) >= 11 is 0. The van der Waals surface area contributed by atoms with Crippen LogP contribution in [0.3, 0.4) is 0 Å². The van der Waals surface area contributed by atoms with Gasteiger partial charge in [0, 0.05) is 29.8 Å². The van der Waals surface area contributed by atoms with Crippen LogP contribution < -0.4 is 4.72 Å². The molecule has 1 saturated heterocycles. The van der Waals surface area contributed by atoms with E-state index in [0.29, 0.717) is 12.2 Å². The molecule has 0 aliphatic carbocycles. The van der Waals surface area contributed by atoms with E-state index in [2.05, 4.69) is 16.5 Å². The predicted octanol–water partition coefficient (Wildman–Crippen LogP) is 5.83. The number of aliphatic hydroxyl groups is 2. The lowest BCUT2D eigenvalue weighted by Gasteiger charge is -2.43. The number of hydrogen-bond donors (Lipinski definition) is 3. The Balaban J connectivity index is 1.36. The molecule has 0 radical (unpaired) electrons. The summed E-state index contributed by atoms with van der Waals surface area (Å²) in [5, 5.41) is 20.6. The number of sulfonamides is 1. The Kier molecular flexibility index (Phi) is 10.2. The molecule has 3 N–H and O–H groups in total. The van der Waals surface area contributed by atoms with Crippen molar-refractivity contribution in [2.45, 2.75) is 56.0 Å². The van der Waals surface area contributed by atoms with Crippen molar-refractivity contribution in [1.82, 2.24) is 4.90 Å². The van der Waals surface area contributed by atoms with Gasteiger partial charge in [-0.15, -0.1) is 0 Å². The number of benzene rings is 4. The second-order valence-electron chi connectivity index (χ2n) is 11.4. The average molecular weight is 617 g/mol. The van der Waals surface area contributed by atoms with Gasteiger partial charge in [-0.1, -0.05) is 91.9 Å². The molecule has 6 atom stereocenters. The Morgan fingerprint density at radius 3 is 2.05 bits per heavy atom. The summed E-state index contributed by atoms with van der Waals surface area (Å²) in [5.74, 6) is -0.0355. The quantitative estimate of drug-likeness (QED) is 0.195. The zero-order valence-corrected chi connectivity index (χ0v) is 26.0. The molecule has 1 fully saturated rings. The van der Waals surface area contributed by atoms with Crippen molar-refractivity contribution in [2.75, 3.05) is 18.3 Å². The van der Waals surface area contributed by atoms with Crippen LogP contribution in [0.2, 0.25) is 0 Å². The van der Waals surface area contributed by atoms with Crippen molar-refractivity contribution in [1.29, 1.82) is 0 Å². The van der Waals surface area contributed by atoms with E-state index in [1.165, 1.54) is 0 Å². The maximum Gasteiger partial charge on any atom is 0.261 e. The summed E-state index contributed by atoms with van der Waals surface area (Å²) in [6, 6.07) is 32.4. The number of anilines is 1. The third kappa shape index (κ3) is 7.38. The number of nitrogens with one attached hydrogen (secondary N) is 1. The number of ether oxygens (including phenoxy) is 2. The molecular formula is C35H40N2O6S. The van der Waals surface area contributed by atoms with Gasteiger partial charge < -0.3 is 19.7 Å². The number of likely N-dealkylation sites (N-methyl/N-ethyl adjacent to an activating group) is 1. The van der Waals surface area contributed by atoms with Crippen LogP contribution in [0.4, 0.5) is 5.69 Å². The lowest BCUT2D eigenvalue weighted by molar-refractivity contribution is -0.276. The van der Waals surface area contributed by atoms with Crippen LogP contribution >= 0.6 is 0 Å². The smallest absolute Gasteiger partial charge is 0.261 e. The highest BCUT2D eigenvalue weighted by Crippen LogP contribution is 2.42. The van der Waals surface area contributed by atoms with Gasteiger partial charge in [-0.2, -0.15) is 0 Å². The minimum Gasteiger partial charge on any atom is -0.392 e.